The molecule has 0 aliphatic rings. The third-order valence-electron chi connectivity index (χ3n) is 3.11. The first-order chi connectivity index (χ1) is 7.58. The van der Waals surface area contributed by atoms with E-state index in [0.29, 0.717) is 0 Å². The Bertz CT molecular complexity index is 309. The molecule has 92 valence electrons. The number of rotatable bonds is 6. The van der Waals surface area contributed by atoms with Crippen molar-refractivity contribution in [2.75, 3.05) is 6.61 Å². The molecule has 0 aromatic carbocycles. The summed E-state index contributed by atoms with van der Waals surface area (Å²) in [7, 11) is 0. The summed E-state index contributed by atoms with van der Waals surface area (Å²) in [4.78, 5) is 0. The van der Waals surface area contributed by atoms with Crippen molar-refractivity contribution in [2.24, 2.45) is 5.92 Å². The largest absolute Gasteiger partial charge is 0.464 e. The van der Waals surface area contributed by atoms with Crippen molar-refractivity contribution in [1.82, 2.24) is 5.32 Å². The average Bonchev–Trinajstić information content (AvgIpc) is 2.76. The minimum Gasteiger partial charge on any atom is -0.464 e. The van der Waals surface area contributed by atoms with Crippen molar-refractivity contribution < 1.29 is 9.52 Å². The van der Waals surface area contributed by atoms with Crippen LogP contribution in [0, 0.1) is 5.92 Å². The predicted molar refractivity (Wildman–Crippen MR) is 65.3 cm³/mol. The number of aryl methyl sites for hydroxylation is 1. The summed E-state index contributed by atoms with van der Waals surface area (Å²) in [5, 5.41) is 12.5. The maximum atomic E-state index is 9.07. The monoisotopic (exact) mass is 225 g/mol. The molecule has 0 saturated carbocycles. The van der Waals surface area contributed by atoms with Gasteiger partial charge in [0.2, 0.25) is 0 Å². The second-order valence-corrected chi connectivity index (χ2v) is 4.49. The summed E-state index contributed by atoms with van der Waals surface area (Å²) >= 11 is 0. The first kappa shape index (κ1) is 13.3. The van der Waals surface area contributed by atoms with Crippen LogP contribution in [0.5, 0.6) is 0 Å². The Morgan fingerprint density at radius 1 is 1.31 bits per heavy atom. The van der Waals surface area contributed by atoms with Gasteiger partial charge in [-0.3, -0.25) is 0 Å². The molecule has 0 fully saturated rings. The van der Waals surface area contributed by atoms with Gasteiger partial charge in [0, 0.05) is 19.1 Å². The Kier molecular flexibility index (Phi) is 5.03. The first-order valence-corrected chi connectivity index (χ1v) is 6.04. The third-order valence-corrected chi connectivity index (χ3v) is 3.11. The number of nitrogens with one attached hydrogen (secondary N) is 1. The van der Waals surface area contributed by atoms with E-state index >= 15 is 0 Å². The summed E-state index contributed by atoms with van der Waals surface area (Å²) in [6, 6.07) is 4.50. The summed E-state index contributed by atoms with van der Waals surface area (Å²) in [5.74, 6) is 2.24. The van der Waals surface area contributed by atoms with E-state index in [1.54, 1.807) is 0 Å². The number of hydrogen-bond donors (Lipinski definition) is 2. The minimum absolute atomic E-state index is 0.185. The molecule has 1 aromatic rings. The van der Waals surface area contributed by atoms with Crippen LogP contribution in [0.3, 0.4) is 0 Å². The number of aliphatic hydroxyl groups excluding tert-OH is 1. The number of aliphatic hydroxyl groups is 1. The third kappa shape index (κ3) is 3.35. The highest BCUT2D eigenvalue weighted by Gasteiger charge is 2.16. The molecule has 1 heterocycles. The van der Waals surface area contributed by atoms with Gasteiger partial charge in [-0.05, 0) is 31.9 Å². The summed E-state index contributed by atoms with van der Waals surface area (Å²) < 4.78 is 5.68. The van der Waals surface area contributed by atoms with Gasteiger partial charge in [0.15, 0.2) is 0 Å². The van der Waals surface area contributed by atoms with E-state index in [9.17, 15) is 0 Å². The zero-order valence-corrected chi connectivity index (χ0v) is 10.7. The van der Waals surface area contributed by atoms with Gasteiger partial charge in [-0.15, -0.1) is 0 Å². The molecule has 1 aromatic heterocycles. The highest BCUT2D eigenvalue weighted by molar-refractivity contribution is 5.10. The van der Waals surface area contributed by atoms with E-state index in [2.05, 4.69) is 26.1 Å². The van der Waals surface area contributed by atoms with Crippen LogP contribution in [0.25, 0.3) is 0 Å². The van der Waals surface area contributed by atoms with Gasteiger partial charge in [-0.25, -0.2) is 0 Å². The molecule has 0 spiro atoms. The molecule has 3 unspecified atom stereocenters. The average molecular weight is 225 g/mol. The minimum atomic E-state index is 0.185. The Hall–Kier alpha value is -0.800. The van der Waals surface area contributed by atoms with Crippen molar-refractivity contribution in [1.29, 1.82) is 0 Å². The summed E-state index contributed by atoms with van der Waals surface area (Å²) in [5.41, 5.74) is 0. The molecule has 0 aliphatic heterocycles. The smallest absolute Gasteiger partial charge is 0.120 e. The van der Waals surface area contributed by atoms with E-state index in [1.165, 1.54) is 0 Å². The molecular formula is C13H23NO2. The second-order valence-electron chi connectivity index (χ2n) is 4.49. The second kappa shape index (κ2) is 6.06. The maximum Gasteiger partial charge on any atom is 0.120 e. The van der Waals surface area contributed by atoms with Crippen molar-refractivity contribution in [3.05, 3.63) is 23.7 Å². The van der Waals surface area contributed by atoms with Crippen LogP contribution in [-0.4, -0.2) is 17.8 Å². The zero-order chi connectivity index (χ0) is 12.1. The van der Waals surface area contributed by atoms with Gasteiger partial charge in [-0.2, -0.15) is 0 Å². The SMILES string of the molecule is CCc1ccc(C(C)NC(C)C(C)CO)o1. The molecule has 1 rings (SSSR count). The van der Waals surface area contributed by atoms with Crippen LogP contribution in [0.2, 0.25) is 0 Å². The molecule has 0 amide bonds. The molecule has 0 saturated heterocycles. The fourth-order valence-electron chi connectivity index (χ4n) is 1.62. The van der Waals surface area contributed by atoms with Crippen LogP contribution in [-0.2, 0) is 6.42 Å². The van der Waals surface area contributed by atoms with Crippen LogP contribution >= 0.6 is 0 Å². The van der Waals surface area contributed by atoms with Gasteiger partial charge in [0.25, 0.3) is 0 Å². The van der Waals surface area contributed by atoms with E-state index in [1.807, 2.05) is 19.1 Å². The summed E-state index contributed by atoms with van der Waals surface area (Å²) in [6.07, 6.45) is 0.926. The standard InChI is InChI=1S/C13H23NO2/c1-5-12-6-7-13(16-12)11(4)14-10(3)9(2)8-15/h6-7,9-11,14-15H,5,8H2,1-4H3. The van der Waals surface area contributed by atoms with Crippen LogP contribution < -0.4 is 5.32 Å². The van der Waals surface area contributed by atoms with Gasteiger partial charge in [-0.1, -0.05) is 13.8 Å². The van der Waals surface area contributed by atoms with Gasteiger partial charge < -0.3 is 14.8 Å². The first-order valence-electron chi connectivity index (χ1n) is 6.04. The van der Waals surface area contributed by atoms with E-state index < -0.39 is 0 Å². The highest BCUT2D eigenvalue weighted by Crippen LogP contribution is 2.18. The molecule has 3 nitrogen and oxygen atoms in total. The van der Waals surface area contributed by atoms with E-state index in [-0.39, 0.29) is 24.6 Å². The fourth-order valence-corrected chi connectivity index (χ4v) is 1.62. The molecule has 3 atom stereocenters. The van der Waals surface area contributed by atoms with Gasteiger partial charge in [0.1, 0.15) is 11.5 Å². The molecule has 0 aliphatic carbocycles. The Labute approximate surface area is 97.9 Å². The number of furan rings is 1. The Morgan fingerprint density at radius 2 is 2.00 bits per heavy atom. The highest BCUT2D eigenvalue weighted by atomic mass is 16.3. The Balaban J connectivity index is 2.54. The summed E-state index contributed by atoms with van der Waals surface area (Å²) in [6.45, 7) is 8.49. The molecule has 2 N–H and O–H groups in total. The molecule has 16 heavy (non-hydrogen) atoms. The normalized spacial score (nSPS) is 17.1. The van der Waals surface area contributed by atoms with E-state index in [0.717, 1.165) is 17.9 Å². The van der Waals surface area contributed by atoms with Crippen molar-refractivity contribution >= 4 is 0 Å². The number of hydrogen-bond acceptors (Lipinski definition) is 3. The molecule has 3 heteroatoms. The lowest BCUT2D eigenvalue weighted by Gasteiger charge is -2.22. The van der Waals surface area contributed by atoms with Crippen LogP contribution in [0.4, 0.5) is 0 Å². The topological polar surface area (TPSA) is 45.4 Å². The van der Waals surface area contributed by atoms with Crippen LogP contribution in [0.15, 0.2) is 16.5 Å². The lowest BCUT2D eigenvalue weighted by molar-refractivity contribution is 0.199. The van der Waals surface area contributed by atoms with Gasteiger partial charge >= 0.3 is 0 Å². The van der Waals surface area contributed by atoms with Crippen molar-refractivity contribution in [3.8, 4) is 0 Å². The van der Waals surface area contributed by atoms with Crippen LogP contribution in [0.1, 0.15) is 45.3 Å². The molecule has 0 bridgehead atoms. The van der Waals surface area contributed by atoms with E-state index in [4.69, 9.17) is 9.52 Å². The predicted octanol–water partition coefficient (Wildman–Crippen LogP) is 2.51. The molecular weight excluding hydrogens is 202 g/mol. The lowest BCUT2D eigenvalue weighted by atomic mass is 10.0. The van der Waals surface area contributed by atoms with Gasteiger partial charge in [0.05, 0.1) is 6.04 Å². The zero-order valence-electron chi connectivity index (χ0n) is 10.7. The fraction of sp³-hybridized carbons (Fsp3) is 0.692. The quantitative estimate of drug-likeness (QED) is 0.782. The van der Waals surface area contributed by atoms with Crippen molar-refractivity contribution in [2.45, 2.75) is 46.2 Å². The maximum absolute atomic E-state index is 9.07. The molecule has 0 radical (unpaired) electrons. The van der Waals surface area contributed by atoms with Crippen molar-refractivity contribution in [3.63, 3.8) is 0 Å². The lowest BCUT2D eigenvalue weighted by Crippen LogP contribution is -2.35. The Morgan fingerprint density at radius 3 is 2.50 bits per heavy atom.